The number of nitrogens with one attached hydrogen (secondary N) is 2. The summed E-state index contributed by atoms with van der Waals surface area (Å²) in [5.41, 5.74) is 6.47. The van der Waals surface area contributed by atoms with Crippen LogP contribution in [0, 0.1) is 15.5 Å². The van der Waals surface area contributed by atoms with Gasteiger partial charge < -0.3 is 33.7 Å². The quantitative estimate of drug-likeness (QED) is 0.0905. The van der Waals surface area contributed by atoms with E-state index in [4.69, 9.17) is 35.5 Å². The highest BCUT2D eigenvalue weighted by Gasteiger charge is 2.34. The van der Waals surface area contributed by atoms with Crippen molar-refractivity contribution in [1.82, 2.24) is 24.5 Å². The number of carbonyl (C=O) groups is 1. The third-order valence-electron chi connectivity index (χ3n) is 13.8. The minimum Gasteiger partial charge on any atom is -0.484 e. The summed E-state index contributed by atoms with van der Waals surface area (Å²) in [5.74, 6) is -0.641. The highest BCUT2D eigenvalue weighted by Crippen LogP contribution is 2.44. The Morgan fingerprint density at radius 3 is 2.56 bits per heavy atom. The normalized spacial score (nSPS) is 20.4. The second-order valence-corrected chi connectivity index (χ2v) is 21.1. The Balaban J connectivity index is 0.889. The number of morpholine rings is 1. The number of nitro groups is 1. The maximum atomic E-state index is 14.4. The molecule has 1 amide bonds. The summed E-state index contributed by atoms with van der Waals surface area (Å²) in [6, 6.07) is 21.1. The van der Waals surface area contributed by atoms with E-state index in [0.717, 1.165) is 80.7 Å². The summed E-state index contributed by atoms with van der Waals surface area (Å²) in [7, 11) is -4.63. The Labute approximate surface area is 400 Å². The van der Waals surface area contributed by atoms with Gasteiger partial charge in [-0.2, -0.15) is 4.98 Å². The molecule has 358 valence electrons. The smallest absolute Gasteiger partial charge is 0.312 e. The molecule has 0 radical (unpaired) electrons. The van der Waals surface area contributed by atoms with Crippen LogP contribution in [0.4, 0.5) is 22.7 Å². The van der Waals surface area contributed by atoms with E-state index in [0.29, 0.717) is 61.9 Å². The number of pyridine rings is 1. The fourth-order valence-corrected chi connectivity index (χ4v) is 11.0. The van der Waals surface area contributed by atoms with E-state index in [-0.39, 0.29) is 36.0 Å². The third kappa shape index (κ3) is 9.75. The van der Waals surface area contributed by atoms with Crippen molar-refractivity contribution < 1.29 is 37.1 Å². The number of nitrogens with zero attached hydrogens (tertiary/aromatic N) is 6. The minimum absolute atomic E-state index is 0.0286. The van der Waals surface area contributed by atoms with Crippen LogP contribution in [0.3, 0.4) is 0 Å². The lowest BCUT2D eigenvalue weighted by atomic mass is 9.72. The van der Waals surface area contributed by atoms with Crippen molar-refractivity contribution in [2.24, 2.45) is 5.41 Å². The third-order valence-corrected chi connectivity index (χ3v) is 15.3. The summed E-state index contributed by atoms with van der Waals surface area (Å²) in [6.07, 6.45) is 4.63. The number of nitro benzene ring substituents is 1. The van der Waals surface area contributed by atoms with Gasteiger partial charge in [-0.3, -0.25) is 24.7 Å². The van der Waals surface area contributed by atoms with Gasteiger partial charge in [0.2, 0.25) is 5.88 Å². The van der Waals surface area contributed by atoms with Gasteiger partial charge in [-0.1, -0.05) is 43.2 Å². The Bertz CT molecular complexity index is 2860. The molecule has 3 aromatic carbocycles. The lowest BCUT2D eigenvalue weighted by Gasteiger charge is -2.41. The molecular formula is C49H55ClN8O9S. The molecule has 0 bridgehead atoms. The van der Waals surface area contributed by atoms with Crippen molar-refractivity contribution in [2.45, 2.75) is 50.2 Å². The zero-order chi connectivity index (χ0) is 47.2. The maximum absolute atomic E-state index is 14.4. The Morgan fingerprint density at radius 1 is 0.985 bits per heavy atom. The van der Waals surface area contributed by atoms with Gasteiger partial charge in [0.1, 0.15) is 30.7 Å². The Kier molecular flexibility index (Phi) is 12.8. The number of fused-ring (bicyclic) bond motifs is 2. The number of rotatable bonds is 13. The second-order valence-electron chi connectivity index (χ2n) is 18.9. The summed E-state index contributed by atoms with van der Waals surface area (Å²) in [4.78, 5) is 42.3. The number of amides is 1. The van der Waals surface area contributed by atoms with E-state index >= 15 is 0 Å². The van der Waals surface area contributed by atoms with E-state index < -0.39 is 31.4 Å². The van der Waals surface area contributed by atoms with Gasteiger partial charge in [0.05, 0.1) is 53.5 Å². The van der Waals surface area contributed by atoms with E-state index in [1.807, 2.05) is 41.3 Å². The van der Waals surface area contributed by atoms with Crippen molar-refractivity contribution in [3.63, 3.8) is 0 Å². The number of ether oxygens (including phenoxy) is 4. The fourth-order valence-electron chi connectivity index (χ4n) is 9.84. The molecule has 4 aliphatic heterocycles. The Hall–Kier alpha value is -5.76. The maximum Gasteiger partial charge on any atom is 0.312 e. The summed E-state index contributed by atoms with van der Waals surface area (Å²) >= 11 is 6.27. The average Bonchev–Trinajstić information content (AvgIpc) is 3.77. The molecule has 1 atom stereocenters. The van der Waals surface area contributed by atoms with Crippen LogP contribution in [0.15, 0.2) is 89.5 Å². The molecule has 6 heterocycles. The molecule has 10 rings (SSSR count). The number of allylic oxidation sites excluding steroid dienone is 1. The molecule has 2 aromatic heterocycles. The first-order valence-electron chi connectivity index (χ1n) is 23.2. The van der Waals surface area contributed by atoms with Crippen molar-refractivity contribution in [2.75, 3.05) is 95.2 Å². The number of anilines is 3. The number of aromatic amines is 1. The predicted molar refractivity (Wildman–Crippen MR) is 259 cm³/mol. The highest BCUT2D eigenvalue weighted by molar-refractivity contribution is 7.90. The Morgan fingerprint density at radius 2 is 1.79 bits per heavy atom. The number of piperazine rings is 1. The van der Waals surface area contributed by atoms with Gasteiger partial charge in [0.15, 0.2) is 5.75 Å². The van der Waals surface area contributed by atoms with Crippen molar-refractivity contribution >= 4 is 66.9 Å². The van der Waals surface area contributed by atoms with E-state index in [1.165, 1.54) is 28.8 Å². The molecule has 5 aromatic rings. The zero-order valence-corrected chi connectivity index (χ0v) is 39.7. The minimum atomic E-state index is -4.63. The first-order valence-corrected chi connectivity index (χ1v) is 25.0. The zero-order valence-electron chi connectivity index (χ0n) is 38.1. The molecule has 0 spiro atoms. The SMILES string of the molecule is CC1(C)CCC(CN2CCN(c3ccc(C(=O)NS(=O)(=O)c4ccc(OC[C@@H]5CN(C6COC6)CCO5)c([N+](=O)[O-])c4)c(N4CCOc5nc6[nH]ccc6cc54)c3)CC2)=C(c2ccc(Cl)cc2)C1. The molecule has 17 nitrogen and oxygen atoms in total. The molecule has 5 aliphatic rings. The number of aromatic nitrogens is 2. The molecular weight excluding hydrogens is 912 g/mol. The molecule has 0 unspecified atom stereocenters. The fraction of sp³-hybridized carbons (Fsp3) is 0.429. The number of hydrogen-bond acceptors (Lipinski definition) is 14. The standard InChI is InChI=1S/C49H55ClN8O9S/c1-49(2)13-11-34(41(26-49)32-3-5-35(50)6-4-32)27-54-15-17-55(18-16-54)36-7-9-40(42(24-36)57-20-22-66-48-44(57)23-33-12-14-51-46(33)52-48)47(59)53-68(62,63)39-8-10-45(43(25-39)58(60)61)67-31-38-28-56(19-21-65-38)37-29-64-30-37/h3-10,12,14,23-25,37-38H,11,13,15-22,26-31H2,1-2H3,(H,51,52)(H,53,59)/t38-/m0/s1. The number of hydrogen-bond donors (Lipinski definition) is 2. The number of carbonyl (C=O) groups excluding carboxylic acids is 1. The largest absolute Gasteiger partial charge is 0.484 e. The van der Waals surface area contributed by atoms with Crippen LogP contribution in [0.5, 0.6) is 11.6 Å². The molecule has 19 heteroatoms. The molecule has 0 saturated carbocycles. The number of benzene rings is 3. The average molecular weight is 968 g/mol. The van der Waals surface area contributed by atoms with Crippen LogP contribution < -0.4 is 24.0 Å². The van der Waals surface area contributed by atoms with Gasteiger partial charge in [0, 0.05) is 74.2 Å². The summed E-state index contributed by atoms with van der Waals surface area (Å²) < 4.78 is 53.2. The van der Waals surface area contributed by atoms with Gasteiger partial charge in [-0.25, -0.2) is 13.1 Å². The number of halogens is 1. The van der Waals surface area contributed by atoms with Gasteiger partial charge in [0.25, 0.3) is 15.9 Å². The van der Waals surface area contributed by atoms with Crippen LogP contribution in [-0.2, 0) is 19.5 Å². The molecule has 3 saturated heterocycles. The summed E-state index contributed by atoms with van der Waals surface area (Å²) in [6.45, 7) is 12.4. The van der Waals surface area contributed by atoms with Crippen LogP contribution >= 0.6 is 11.6 Å². The van der Waals surface area contributed by atoms with Crippen molar-refractivity contribution in [3.8, 4) is 11.6 Å². The molecule has 2 N–H and O–H groups in total. The molecule has 68 heavy (non-hydrogen) atoms. The van der Waals surface area contributed by atoms with E-state index in [1.54, 1.807) is 12.3 Å². The van der Waals surface area contributed by atoms with Crippen molar-refractivity contribution in [3.05, 3.63) is 111 Å². The lowest BCUT2D eigenvalue weighted by molar-refractivity contribution is -0.386. The van der Waals surface area contributed by atoms with Crippen LogP contribution in [0.1, 0.15) is 49.0 Å². The summed E-state index contributed by atoms with van der Waals surface area (Å²) in [5, 5.41) is 13.9. The highest BCUT2D eigenvalue weighted by atomic mass is 35.5. The monoisotopic (exact) mass is 966 g/mol. The number of H-pyrrole nitrogens is 1. The topological polar surface area (TPSA) is 185 Å². The van der Waals surface area contributed by atoms with Gasteiger partial charge in [-0.05, 0) is 90.4 Å². The number of sulfonamides is 1. The van der Waals surface area contributed by atoms with Crippen LogP contribution in [0.25, 0.3) is 16.6 Å². The van der Waals surface area contributed by atoms with Crippen LogP contribution in [-0.4, -0.2) is 137 Å². The first kappa shape index (κ1) is 46.0. The van der Waals surface area contributed by atoms with Gasteiger partial charge in [-0.15, -0.1) is 0 Å². The van der Waals surface area contributed by atoms with E-state index in [2.05, 4.69) is 50.4 Å². The van der Waals surface area contributed by atoms with E-state index in [9.17, 15) is 23.3 Å². The first-order chi connectivity index (χ1) is 32.8. The molecule has 3 fully saturated rings. The van der Waals surface area contributed by atoms with Crippen molar-refractivity contribution in [1.29, 1.82) is 0 Å². The van der Waals surface area contributed by atoms with Crippen LogP contribution in [0.2, 0.25) is 5.02 Å². The van der Waals surface area contributed by atoms with Gasteiger partial charge >= 0.3 is 5.69 Å². The predicted octanol–water partition coefficient (Wildman–Crippen LogP) is 7.04. The molecule has 1 aliphatic carbocycles. The lowest BCUT2D eigenvalue weighted by Crippen LogP contribution is -2.56. The second kappa shape index (κ2) is 19.0.